The van der Waals surface area contributed by atoms with Gasteiger partial charge in [0.05, 0.1) is 11.5 Å². The van der Waals surface area contributed by atoms with Crippen LogP contribution >= 0.6 is 0 Å². The molecule has 0 aromatic heterocycles. The van der Waals surface area contributed by atoms with E-state index in [9.17, 15) is 8.42 Å². The third kappa shape index (κ3) is 3.48. The highest BCUT2D eigenvalue weighted by molar-refractivity contribution is 7.89. The summed E-state index contributed by atoms with van der Waals surface area (Å²) in [4.78, 5) is 0.257. The second kappa shape index (κ2) is 5.83. The first-order valence-corrected chi connectivity index (χ1v) is 6.35. The van der Waals surface area contributed by atoms with Crippen molar-refractivity contribution >= 4 is 15.7 Å². The molecule has 0 saturated heterocycles. The average Bonchev–Trinajstić information content (AvgIpc) is 2.30. The standard InChI is InChI=1S/C10H16N2O3S/c1-11-16(13,14)10-5-3-9(4-6-10)12-7-8-15-2/h3-6,11-12H,7-8H2,1-2H3. The summed E-state index contributed by atoms with van der Waals surface area (Å²) >= 11 is 0. The van der Waals surface area contributed by atoms with E-state index in [-0.39, 0.29) is 4.90 Å². The van der Waals surface area contributed by atoms with Crippen molar-refractivity contribution in [2.45, 2.75) is 4.90 Å². The monoisotopic (exact) mass is 244 g/mol. The number of anilines is 1. The zero-order chi connectivity index (χ0) is 12.0. The van der Waals surface area contributed by atoms with Crippen LogP contribution in [0.2, 0.25) is 0 Å². The van der Waals surface area contributed by atoms with Gasteiger partial charge >= 0.3 is 0 Å². The Kier molecular flexibility index (Phi) is 4.72. The molecular formula is C10H16N2O3S. The van der Waals surface area contributed by atoms with E-state index in [1.165, 1.54) is 7.05 Å². The Morgan fingerprint density at radius 3 is 2.38 bits per heavy atom. The Hall–Kier alpha value is -1.11. The summed E-state index contributed by atoms with van der Waals surface area (Å²) in [5.41, 5.74) is 0.868. The topological polar surface area (TPSA) is 67.4 Å². The van der Waals surface area contributed by atoms with Crippen molar-refractivity contribution in [1.29, 1.82) is 0 Å². The van der Waals surface area contributed by atoms with E-state index in [2.05, 4.69) is 10.0 Å². The third-order valence-electron chi connectivity index (χ3n) is 2.07. The van der Waals surface area contributed by atoms with Gasteiger partial charge < -0.3 is 10.1 Å². The summed E-state index contributed by atoms with van der Waals surface area (Å²) in [5, 5.41) is 3.10. The summed E-state index contributed by atoms with van der Waals surface area (Å²) in [6, 6.07) is 6.56. The lowest BCUT2D eigenvalue weighted by molar-refractivity contribution is 0.211. The molecule has 2 N–H and O–H groups in total. The first kappa shape index (κ1) is 13.0. The Labute approximate surface area is 95.9 Å². The number of methoxy groups -OCH3 is 1. The fourth-order valence-corrected chi connectivity index (χ4v) is 1.90. The lowest BCUT2D eigenvalue weighted by Gasteiger charge is -2.07. The molecule has 1 rings (SSSR count). The first-order chi connectivity index (χ1) is 7.60. The number of benzene rings is 1. The van der Waals surface area contributed by atoms with Gasteiger partial charge in [0.1, 0.15) is 0 Å². The highest BCUT2D eigenvalue weighted by Gasteiger charge is 2.09. The molecule has 5 nitrogen and oxygen atoms in total. The molecule has 0 unspecified atom stereocenters. The Morgan fingerprint density at radius 1 is 1.25 bits per heavy atom. The molecule has 0 heterocycles. The number of hydrogen-bond acceptors (Lipinski definition) is 4. The smallest absolute Gasteiger partial charge is 0.240 e. The van der Waals surface area contributed by atoms with Gasteiger partial charge in [0.2, 0.25) is 10.0 Å². The van der Waals surface area contributed by atoms with Crippen molar-refractivity contribution in [3.05, 3.63) is 24.3 Å². The highest BCUT2D eigenvalue weighted by Crippen LogP contribution is 2.13. The van der Waals surface area contributed by atoms with Crippen LogP contribution < -0.4 is 10.0 Å². The summed E-state index contributed by atoms with van der Waals surface area (Å²) in [6.45, 7) is 1.30. The average molecular weight is 244 g/mol. The molecule has 0 radical (unpaired) electrons. The van der Waals surface area contributed by atoms with E-state index in [0.717, 1.165) is 5.69 Å². The van der Waals surface area contributed by atoms with Crippen LogP contribution in [-0.4, -0.2) is 35.7 Å². The molecule has 6 heteroatoms. The normalized spacial score (nSPS) is 11.4. The van der Waals surface area contributed by atoms with Crippen molar-refractivity contribution in [2.24, 2.45) is 0 Å². The van der Waals surface area contributed by atoms with Crippen molar-refractivity contribution in [2.75, 3.05) is 32.6 Å². The zero-order valence-electron chi connectivity index (χ0n) is 9.36. The molecule has 0 aliphatic carbocycles. The number of hydrogen-bond donors (Lipinski definition) is 2. The molecule has 0 atom stereocenters. The second-order valence-electron chi connectivity index (χ2n) is 3.15. The van der Waals surface area contributed by atoms with Crippen LogP contribution in [0.1, 0.15) is 0 Å². The fraction of sp³-hybridized carbons (Fsp3) is 0.400. The highest BCUT2D eigenvalue weighted by atomic mass is 32.2. The minimum Gasteiger partial charge on any atom is -0.383 e. The second-order valence-corrected chi connectivity index (χ2v) is 5.04. The number of ether oxygens (including phenoxy) is 1. The van der Waals surface area contributed by atoms with E-state index in [4.69, 9.17) is 4.74 Å². The molecule has 16 heavy (non-hydrogen) atoms. The van der Waals surface area contributed by atoms with Crippen LogP contribution in [0.4, 0.5) is 5.69 Å². The number of sulfonamides is 1. The molecule has 0 fully saturated rings. The van der Waals surface area contributed by atoms with Gasteiger partial charge in [-0.2, -0.15) is 0 Å². The van der Waals surface area contributed by atoms with Crippen molar-refractivity contribution in [3.63, 3.8) is 0 Å². The number of nitrogens with one attached hydrogen (secondary N) is 2. The van der Waals surface area contributed by atoms with Crippen molar-refractivity contribution < 1.29 is 13.2 Å². The quantitative estimate of drug-likeness (QED) is 0.721. The molecule has 0 spiro atoms. The van der Waals surface area contributed by atoms with E-state index in [0.29, 0.717) is 13.2 Å². The van der Waals surface area contributed by atoms with Crippen molar-refractivity contribution in [3.8, 4) is 0 Å². The summed E-state index contributed by atoms with van der Waals surface area (Å²) < 4.78 is 30.0. The van der Waals surface area contributed by atoms with Gasteiger partial charge in [0, 0.05) is 19.3 Å². The van der Waals surface area contributed by atoms with Gasteiger partial charge in [0.15, 0.2) is 0 Å². The molecule has 1 aromatic carbocycles. The minimum atomic E-state index is -3.34. The lowest BCUT2D eigenvalue weighted by Crippen LogP contribution is -2.18. The van der Waals surface area contributed by atoms with Gasteiger partial charge in [-0.1, -0.05) is 0 Å². The van der Waals surface area contributed by atoms with Gasteiger partial charge in [-0.15, -0.1) is 0 Å². The van der Waals surface area contributed by atoms with E-state index in [1.807, 2.05) is 0 Å². The van der Waals surface area contributed by atoms with Crippen LogP contribution in [0.3, 0.4) is 0 Å². The van der Waals surface area contributed by atoms with Gasteiger partial charge in [-0.3, -0.25) is 0 Å². The summed E-state index contributed by atoms with van der Waals surface area (Å²) in [5.74, 6) is 0. The molecule has 0 saturated carbocycles. The first-order valence-electron chi connectivity index (χ1n) is 4.86. The Morgan fingerprint density at radius 2 is 1.88 bits per heavy atom. The zero-order valence-corrected chi connectivity index (χ0v) is 10.2. The van der Waals surface area contributed by atoms with Gasteiger partial charge in [-0.25, -0.2) is 13.1 Å². The number of rotatable bonds is 6. The minimum absolute atomic E-state index is 0.257. The lowest BCUT2D eigenvalue weighted by atomic mass is 10.3. The maximum Gasteiger partial charge on any atom is 0.240 e. The maximum atomic E-state index is 11.4. The Bertz CT molecular complexity index is 414. The fourth-order valence-electron chi connectivity index (χ4n) is 1.17. The van der Waals surface area contributed by atoms with Crippen LogP contribution in [-0.2, 0) is 14.8 Å². The maximum absolute atomic E-state index is 11.4. The predicted molar refractivity (Wildman–Crippen MR) is 63.1 cm³/mol. The van der Waals surface area contributed by atoms with Crippen LogP contribution in [0.5, 0.6) is 0 Å². The van der Waals surface area contributed by atoms with Crippen LogP contribution in [0.15, 0.2) is 29.2 Å². The molecule has 0 amide bonds. The van der Waals surface area contributed by atoms with Crippen molar-refractivity contribution in [1.82, 2.24) is 4.72 Å². The molecule has 0 aliphatic rings. The molecular weight excluding hydrogens is 228 g/mol. The summed E-state index contributed by atoms with van der Waals surface area (Å²) in [6.07, 6.45) is 0. The van der Waals surface area contributed by atoms with Gasteiger partial charge in [0.25, 0.3) is 0 Å². The van der Waals surface area contributed by atoms with Crippen LogP contribution in [0, 0.1) is 0 Å². The molecule has 0 aliphatic heterocycles. The van der Waals surface area contributed by atoms with Crippen LogP contribution in [0.25, 0.3) is 0 Å². The largest absolute Gasteiger partial charge is 0.383 e. The SMILES string of the molecule is CNS(=O)(=O)c1ccc(NCCOC)cc1. The molecule has 0 bridgehead atoms. The molecule has 90 valence electrons. The van der Waals surface area contributed by atoms with Gasteiger partial charge in [-0.05, 0) is 31.3 Å². The summed E-state index contributed by atoms with van der Waals surface area (Å²) in [7, 11) is -0.324. The van der Waals surface area contributed by atoms with E-state index in [1.54, 1.807) is 31.4 Å². The van der Waals surface area contributed by atoms with E-state index < -0.39 is 10.0 Å². The molecule has 1 aromatic rings. The third-order valence-corrected chi connectivity index (χ3v) is 3.50. The predicted octanol–water partition coefficient (Wildman–Crippen LogP) is 0.653. The Balaban J connectivity index is 2.68. The van der Waals surface area contributed by atoms with E-state index >= 15 is 0 Å².